The van der Waals surface area contributed by atoms with Crippen LogP contribution in [0, 0.1) is 0 Å². The van der Waals surface area contributed by atoms with Gasteiger partial charge in [-0.1, -0.05) is 46.6 Å². The lowest BCUT2D eigenvalue weighted by atomic mass is 10.1. The monoisotopic (exact) mass is 309 g/mol. The molecule has 1 atom stereocenters. The minimum absolute atomic E-state index is 0.0887. The maximum absolute atomic E-state index is 5.95. The van der Waals surface area contributed by atoms with Crippen LogP contribution in [0.1, 0.15) is 25.7 Å². The standard InChI is InChI=1S/C13H16BrN3O/c1-2-4-11(15)8-12-16-13(17-18-12)9-5-3-6-10(14)7-9/h3,5-7,11H,2,4,8,15H2,1H3. The van der Waals surface area contributed by atoms with E-state index in [0.717, 1.165) is 22.9 Å². The van der Waals surface area contributed by atoms with Gasteiger partial charge in [0.2, 0.25) is 11.7 Å². The van der Waals surface area contributed by atoms with Gasteiger partial charge < -0.3 is 10.3 Å². The molecule has 0 aliphatic rings. The highest BCUT2D eigenvalue weighted by atomic mass is 79.9. The van der Waals surface area contributed by atoms with Gasteiger partial charge in [-0.25, -0.2) is 0 Å². The highest BCUT2D eigenvalue weighted by molar-refractivity contribution is 9.10. The lowest BCUT2D eigenvalue weighted by molar-refractivity contribution is 0.366. The van der Waals surface area contributed by atoms with E-state index in [1.54, 1.807) is 0 Å². The molecule has 0 radical (unpaired) electrons. The van der Waals surface area contributed by atoms with Crippen molar-refractivity contribution in [2.75, 3.05) is 0 Å². The van der Waals surface area contributed by atoms with Gasteiger partial charge in [-0.05, 0) is 18.6 Å². The van der Waals surface area contributed by atoms with Crippen LogP contribution in [0.4, 0.5) is 0 Å². The van der Waals surface area contributed by atoms with Crippen molar-refractivity contribution in [2.24, 2.45) is 5.73 Å². The number of hydrogen-bond donors (Lipinski definition) is 1. The third-order valence-corrected chi connectivity index (χ3v) is 3.14. The molecule has 2 N–H and O–H groups in total. The highest BCUT2D eigenvalue weighted by Gasteiger charge is 2.12. The largest absolute Gasteiger partial charge is 0.339 e. The Bertz CT molecular complexity index is 512. The predicted molar refractivity (Wildman–Crippen MR) is 74.0 cm³/mol. The summed E-state index contributed by atoms with van der Waals surface area (Å²) in [7, 11) is 0. The SMILES string of the molecule is CCCC(N)Cc1nc(-c2cccc(Br)c2)no1. The molecule has 0 amide bonds. The Morgan fingerprint density at radius 2 is 2.28 bits per heavy atom. The van der Waals surface area contributed by atoms with Crippen molar-refractivity contribution in [2.45, 2.75) is 32.2 Å². The minimum atomic E-state index is 0.0887. The second kappa shape index (κ2) is 6.11. The molecule has 2 aromatic rings. The molecule has 1 aromatic heterocycles. The van der Waals surface area contributed by atoms with Crippen LogP contribution in [0.5, 0.6) is 0 Å². The lowest BCUT2D eigenvalue weighted by Gasteiger charge is -2.05. The average molecular weight is 310 g/mol. The number of hydrogen-bond acceptors (Lipinski definition) is 4. The molecular weight excluding hydrogens is 294 g/mol. The molecule has 0 aliphatic carbocycles. The summed E-state index contributed by atoms with van der Waals surface area (Å²) in [5.41, 5.74) is 6.89. The molecule has 4 nitrogen and oxygen atoms in total. The summed E-state index contributed by atoms with van der Waals surface area (Å²) in [4.78, 5) is 4.37. The highest BCUT2D eigenvalue weighted by Crippen LogP contribution is 2.20. The van der Waals surface area contributed by atoms with E-state index in [1.807, 2.05) is 24.3 Å². The molecule has 5 heteroatoms. The van der Waals surface area contributed by atoms with E-state index < -0.39 is 0 Å². The summed E-state index contributed by atoms with van der Waals surface area (Å²) in [5, 5.41) is 3.98. The van der Waals surface area contributed by atoms with Gasteiger partial charge in [-0.3, -0.25) is 0 Å². The van der Waals surface area contributed by atoms with Crippen LogP contribution in [0.3, 0.4) is 0 Å². The van der Waals surface area contributed by atoms with E-state index in [4.69, 9.17) is 10.3 Å². The van der Waals surface area contributed by atoms with Crippen molar-refractivity contribution in [1.82, 2.24) is 10.1 Å². The zero-order chi connectivity index (χ0) is 13.0. The Labute approximate surface area is 115 Å². The van der Waals surface area contributed by atoms with Crippen molar-refractivity contribution >= 4 is 15.9 Å². The van der Waals surface area contributed by atoms with Gasteiger partial charge in [0.25, 0.3) is 0 Å². The van der Waals surface area contributed by atoms with Crippen LogP contribution >= 0.6 is 15.9 Å². The van der Waals surface area contributed by atoms with E-state index >= 15 is 0 Å². The molecule has 0 saturated heterocycles. The Morgan fingerprint density at radius 3 is 3.00 bits per heavy atom. The van der Waals surface area contributed by atoms with E-state index in [9.17, 15) is 0 Å². The molecule has 0 saturated carbocycles. The summed E-state index contributed by atoms with van der Waals surface area (Å²) < 4.78 is 6.21. The summed E-state index contributed by atoms with van der Waals surface area (Å²) >= 11 is 3.42. The summed E-state index contributed by atoms with van der Waals surface area (Å²) in [6.07, 6.45) is 2.66. The van der Waals surface area contributed by atoms with Gasteiger partial charge in [-0.2, -0.15) is 4.98 Å². The molecule has 0 bridgehead atoms. The fraction of sp³-hybridized carbons (Fsp3) is 0.385. The molecule has 18 heavy (non-hydrogen) atoms. The van der Waals surface area contributed by atoms with Gasteiger partial charge in [0.15, 0.2) is 0 Å². The second-order valence-corrected chi connectivity index (χ2v) is 5.19. The molecular formula is C13H16BrN3O. The topological polar surface area (TPSA) is 64.9 Å². The quantitative estimate of drug-likeness (QED) is 0.921. The molecule has 1 aromatic carbocycles. The molecule has 1 heterocycles. The van der Waals surface area contributed by atoms with Crippen molar-refractivity contribution in [3.8, 4) is 11.4 Å². The molecule has 1 unspecified atom stereocenters. The molecule has 0 spiro atoms. The van der Waals surface area contributed by atoms with Crippen molar-refractivity contribution in [1.29, 1.82) is 0 Å². The fourth-order valence-corrected chi connectivity index (χ4v) is 2.18. The Hall–Kier alpha value is -1.20. The zero-order valence-electron chi connectivity index (χ0n) is 10.3. The lowest BCUT2D eigenvalue weighted by Crippen LogP contribution is -2.22. The van der Waals surface area contributed by atoms with Gasteiger partial charge in [0, 0.05) is 22.5 Å². The fourth-order valence-electron chi connectivity index (χ4n) is 1.78. The Morgan fingerprint density at radius 1 is 1.44 bits per heavy atom. The smallest absolute Gasteiger partial charge is 0.228 e. The van der Waals surface area contributed by atoms with Gasteiger partial charge >= 0.3 is 0 Å². The van der Waals surface area contributed by atoms with Crippen molar-refractivity contribution in [3.63, 3.8) is 0 Å². The first kappa shape index (κ1) is 13.2. The number of rotatable bonds is 5. The molecule has 2 rings (SSSR count). The van der Waals surface area contributed by atoms with Crippen LogP contribution in [-0.2, 0) is 6.42 Å². The normalized spacial score (nSPS) is 12.6. The van der Waals surface area contributed by atoms with Crippen LogP contribution < -0.4 is 5.73 Å². The first-order valence-electron chi connectivity index (χ1n) is 6.03. The van der Waals surface area contributed by atoms with Crippen LogP contribution in [0.2, 0.25) is 0 Å². The number of benzene rings is 1. The van der Waals surface area contributed by atoms with E-state index in [-0.39, 0.29) is 6.04 Å². The Balaban J connectivity index is 2.10. The first-order valence-corrected chi connectivity index (χ1v) is 6.82. The zero-order valence-corrected chi connectivity index (χ0v) is 11.9. The molecule has 0 fully saturated rings. The van der Waals surface area contributed by atoms with E-state index in [2.05, 4.69) is 33.0 Å². The first-order chi connectivity index (χ1) is 8.69. The van der Waals surface area contributed by atoms with Crippen LogP contribution in [0.25, 0.3) is 11.4 Å². The van der Waals surface area contributed by atoms with Gasteiger partial charge in [0.1, 0.15) is 0 Å². The molecule has 0 aliphatic heterocycles. The van der Waals surface area contributed by atoms with Crippen molar-refractivity contribution < 1.29 is 4.52 Å². The maximum Gasteiger partial charge on any atom is 0.228 e. The maximum atomic E-state index is 5.95. The third-order valence-electron chi connectivity index (χ3n) is 2.65. The third kappa shape index (κ3) is 3.40. The van der Waals surface area contributed by atoms with E-state index in [1.165, 1.54) is 0 Å². The van der Waals surface area contributed by atoms with Crippen LogP contribution in [-0.4, -0.2) is 16.2 Å². The predicted octanol–water partition coefficient (Wildman–Crippen LogP) is 3.17. The molecule has 96 valence electrons. The Kier molecular flexibility index (Phi) is 4.49. The summed E-state index contributed by atoms with van der Waals surface area (Å²) in [6, 6.07) is 7.90. The summed E-state index contributed by atoms with van der Waals surface area (Å²) in [5.74, 6) is 1.21. The number of halogens is 1. The average Bonchev–Trinajstić information content (AvgIpc) is 2.78. The van der Waals surface area contributed by atoms with E-state index in [0.29, 0.717) is 18.1 Å². The number of aromatic nitrogens is 2. The van der Waals surface area contributed by atoms with Crippen molar-refractivity contribution in [3.05, 3.63) is 34.6 Å². The van der Waals surface area contributed by atoms with Crippen LogP contribution in [0.15, 0.2) is 33.3 Å². The number of nitrogens with two attached hydrogens (primary N) is 1. The number of nitrogens with zero attached hydrogens (tertiary/aromatic N) is 2. The second-order valence-electron chi connectivity index (χ2n) is 4.27. The van der Waals surface area contributed by atoms with Gasteiger partial charge in [-0.15, -0.1) is 0 Å². The minimum Gasteiger partial charge on any atom is -0.339 e. The van der Waals surface area contributed by atoms with Gasteiger partial charge in [0.05, 0.1) is 0 Å². The summed E-state index contributed by atoms with van der Waals surface area (Å²) in [6.45, 7) is 2.11.